The Bertz CT molecular complexity index is 378. The first-order valence-electron chi connectivity index (χ1n) is 5.81. The number of hydrogen-bond acceptors (Lipinski definition) is 4. The summed E-state index contributed by atoms with van der Waals surface area (Å²) in [5, 5.41) is 12.8. The van der Waals surface area contributed by atoms with Gasteiger partial charge in [-0.2, -0.15) is 0 Å². The molecule has 0 saturated carbocycles. The highest BCUT2D eigenvalue weighted by atomic mass is 16.6. The van der Waals surface area contributed by atoms with Crippen LogP contribution < -0.4 is 5.32 Å². The molecule has 1 heterocycles. The van der Waals surface area contributed by atoms with E-state index in [4.69, 9.17) is 4.74 Å². The highest BCUT2D eigenvalue weighted by molar-refractivity contribution is 5.72. The molecule has 1 aliphatic heterocycles. The molecule has 1 aromatic carbocycles. The fraction of sp³-hybridized carbons (Fsp3) is 0.462. The van der Waals surface area contributed by atoms with Crippen LogP contribution in [0.4, 0.5) is 0 Å². The fourth-order valence-corrected chi connectivity index (χ4v) is 2.05. The molecule has 1 aromatic rings. The van der Waals surface area contributed by atoms with Crippen LogP contribution in [0.3, 0.4) is 0 Å². The predicted octanol–water partition coefficient (Wildman–Crippen LogP) is 0.841. The predicted molar refractivity (Wildman–Crippen MR) is 63.2 cm³/mol. The van der Waals surface area contributed by atoms with Crippen LogP contribution in [0.25, 0.3) is 0 Å². The highest BCUT2D eigenvalue weighted by Gasteiger charge is 2.37. The lowest BCUT2D eigenvalue weighted by Crippen LogP contribution is -2.41. The summed E-state index contributed by atoms with van der Waals surface area (Å²) in [6.45, 7) is 2.31. The van der Waals surface area contributed by atoms with Gasteiger partial charge in [0.25, 0.3) is 0 Å². The Labute approximate surface area is 101 Å². The SMILES string of the molecule is C[C@@H](O)[C@H]1OC(=O)C[C@@H]1NCc1ccccc1. The van der Waals surface area contributed by atoms with Crippen LogP contribution in [-0.4, -0.2) is 29.3 Å². The minimum absolute atomic E-state index is 0.109. The van der Waals surface area contributed by atoms with E-state index >= 15 is 0 Å². The van der Waals surface area contributed by atoms with Crippen molar-refractivity contribution < 1.29 is 14.6 Å². The van der Waals surface area contributed by atoms with Gasteiger partial charge >= 0.3 is 5.97 Å². The van der Waals surface area contributed by atoms with Gasteiger partial charge < -0.3 is 15.2 Å². The van der Waals surface area contributed by atoms with Crippen LogP contribution >= 0.6 is 0 Å². The number of carbonyl (C=O) groups excluding carboxylic acids is 1. The second-order valence-corrected chi connectivity index (χ2v) is 4.37. The second-order valence-electron chi connectivity index (χ2n) is 4.37. The maximum absolute atomic E-state index is 11.2. The number of ether oxygens (including phenoxy) is 1. The molecule has 92 valence electrons. The molecule has 0 aromatic heterocycles. The minimum Gasteiger partial charge on any atom is -0.458 e. The molecule has 0 amide bonds. The van der Waals surface area contributed by atoms with E-state index in [2.05, 4.69) is 5.32 Å². The topological polar surface area (TPSA) is 58.6 Å². The maximum atomic E-state index is 11.2. The zero-order chi connectivity index (χ0) is 12.3. The molecule has 1 saturated heterocycles. The molecule has 2 rings (SSSR count). The monoisotopic (exact) mass is 235 g/mol. The van der Waals surface area contributed by atoms with E-state index in [1.807, 2.05) is 30.3 Å². The van der Waals surface area contributed by atoms with Crippen molar-refractivity contribution in [1.82, 2.24) is 5.32 Å². The molecule has 2 N–H and O–H groups in total. The van der Waals surface area contributed by atoms with E-state index < -0.39 is 12.2 Å². The van der Waals surface area contributed by atoms with Gasteiger partial charge in [0.2, 0.25) is 0 Å². The Morgan fingerprint density at radius 2 is 2.18 bits per heavy atom. The molecule has 0 unspecified atom stereocenters. The van der Waals surface area contributed by atoms with Crippen LogP contribution in [0.2, 0.25) is 0 Å². The van der Waals surface area contributed by atoms with Gasteiger partial charge in [0, 0.05) is 6.54 Å². The molecular weight excluding hydrogens is 218 g/mol. The smallest absolute Gasteiger partial charge is 0.307 e. The number of nitrogens with one attached hydrogen (secondary N) is 1. The van der Waals surface area contributed by atoms with Crippen molar-refractivity contribution in [3.8, 4) is 0 Å². The van der Waals surface area contributed by atoms with Gasteiger partial charge in [-0.15, -0.1) is 0 Å². The Morgan fingerprint density at radius 1 is 1.47 bits per heavy atom. The van der Waals surface area contributed by atoms with Crippen LogP contribution in [0.5, 0.6) is 0 Å². The average Bonchev–Trinajstić information content (AvgIpc) is 2.69. The molecule has 0 spiro atoms. The molecule has 0 aliphatic carbocycles. The lowest BCUT2D eigenvalue weighted by atomic mass is 10.1. The van der Waals surface area contributed by atoms with Crippen molar-refractivity contribution in [3.63, 3.8) is 0 Å². The Kier molecular flexibility index (Phi) is 3.76. The third-order valence-corrected chi connectivity index (χ3v) is 2.94. The number of esters is 1. The summed E-state index contributed by atoms with van der Waals surface area (Å²) in [6, 6.07) is 9.83. The van der Waals surface area contributed by atoms with Gasteiger partial charge in [-0.05, 0) is 12.5 Å². The second kappa shape index (κ2) is 5.29. The first-order valence-corrected chi connectivity index (χ1v) is 5.81. The molecular formula is C13H17NO3. The van der Waals surface area contributed by atoms with Gasteiger partial charge in [0.15, 0.2) is 0 Å². The number of aliphatic hydroxyl groups excluding tert-OH is 1. The standard InChI is InChI=1S/C13H17NO3/c1-9(15)13-11(7-12(16)17-13)14-8-10-5-3-2-4-6-10/h2-6,9,11,13-15H,7-8H2,1H3/t9-,11+,13-/m1/s1. The summed E-state index contributed by atoms with van der Waals surface area (Å²) >= 11 is 0. The van der Waals surface area contributed by atoms with E-state index in [0.29, 0.717) is 13.0 Å². The van der Waals surface area contributed by atoms with Gasteiger partial charge in [-0.3, -0.25) is 4.79 Å². The van der Waals surface area contributed by atoms with E-state index in [0.717, 1.165) is 5.56 Å². The molecule has 1 fully saturated rings. The summed E-state index contributed by atoms with van der Waals surface area (Å²) in [6.07, 6.45) is -0.761. The molecule has 0 radical (unpaired) electrons. The normalized spacial score (nSPS) is 25.6. The van der Waals surface area contributed by atoms with Gasteiger partial charge in [0.05, 0.1) is 18.6 Å². The van der Waals surface area contributed by atoms with E-state index in [-0.39, 0.29) is 12.0 Å². The van der Waals surface area contributed by atoms with Crippen molar-refractivity contribution >= 4 is 5.97 Å². The zero-order valence-electron chi connectivity index (χ0n) is 9.80. The quantitative estimate of drug-likeness (QED) is 0.759. The first kappa shape index (κ1) is 12.1. The summed E-state index contributed by atoms with van der Waals surface area (Å²) in [7, 11) is 0. The lowest BCUT2D eigenvalue weighted by Gasteiger charge is -2.21. The molecule has 3 atom stereocenters. The molecule has 17 heavy (non-hydrogen) atoms. The molecule has 1 aliphatic rings. The van der Waals surface area contributed by atoms with Crippen molar-refractivity contribution in [2.45, 2.75) is 38.1 Å². The van der Waals surface area contributed by atoms with Crippen molar-refractivity contribution in [3.05, 3.63) is 35.9 Å². The number of aliphatic hydroxyl groups is 1. The fourth-order valence-electron chi connectivity index (χ4n) is 2.05. The Morgan fingerprint density at radius 3 is 2.82 bits per heavy atom. The Hall–Kier alpha value is -1.39. The van der Waals surface area contributed by atoms with Gasteiger partial charge in [-0.1, -0.05) is 30.3 Å². The maximum Gasteiger partial charge on any atom is 0.307 e. The molecule has 4 nitrogen and oxygen atoms in total. The van der Waals surface area contributed by atoms with Gasteiger partial charge in [0.1, 0.15) is 6.10 Å². The zero-order valence-corrected chi connectivity index (χ0v) is 9.80. The van der Waals surface area contributed by atoms with E-state index in [1.54, 1.807) is 6.92 Å². The average molecular weight is 235 g/mol. The number of cyclic esters (lactones) is 1. The third kappa shape index (κ3) is 3.05. The Balaban J connectivity index is 1.92. The van der Waals surface area contributed by atoms with Crippen LogP contribution in [-0.2, 0) is 16.1 Å². The molecule has 0 bridgehead atoms. The third-order valence-electron chi connectivity index (χ3n) is 2.94. The summed E-state index contributed by atoms with van der Waals surface area (Å²) in [4.78, 5) is 11.2. The van der Waals surface area contributed by atoms with Crippen LogP contribution in [0.15, 0.2) is 30.3 Å². The van der Waals surface area contributed by atoms with Crippen molar-refractivity contribution in [1.29, 1.82) is 0 Å². The van der Waals surface area contributed by atoms with Crippen molar-refractivity contribution in [2.24, 2.45) is 0 Å². The highest BCUT2D eigenvalue weighted by Crippen LogP contribution is 2.18. The molecule has 4 heteroatoms. The minimum atomic E-state index is -0.644. The summed E-state index contributed by atoms with van der Waals surface area (Å²) in [5.74, 6) is -0.249. The number of carbonyl (C=O) groups is 1. The van der Waals surface area contributed by atoms with E-state index in [1.165, 1.54) is 0 Å². The number of benzene rings is 1. The summed E-state index contributed by atoms with van der Waals surface area (Å²) in [5.41, 5.74) is 1.15. The van der Waals surface area contributed by atoms with Crippen LogP contribution in [0, 0.1) is 0 Å². The van der Waals surface area contributed by atoms with Crippen molar-refractivity contribution in [2.75, 3.05) is 0 Å². The van der Waals surface area contributed by atoms with Gasteiger partial charge in [-0.25, -0.2) is 0 Å². The largest absolute Gasteiger partial charge is 0.458 e. The summed E-state index contributed by atoms with van der Waals surface area (Å²) < 4.78 is 5.07. The number of rotatable bonds is 4. The van der Waals surface area contributed by atoms with Crippen LogP contribution in [0.1, 0.15) is 18.9 Å². The first-order chi connectivity index (χ1) is 8.16. The van der Waals surface area contributed by atoms with E-state index in [9.17, 15) is 9.90 Å². The number of hydrogen-bond donors (Lipinski definition) is 2. The lowest BCUT2D eigenvalue weighted by molar-refractivity contribution is -0.145.